The zero-order valence-electron chi connectivity index (χ0n) is 8.04. The maximum absolute atomic E-state index is 10.7. The lowest BCUT2D eigenvalue weighted by molar-refractivity contribution is -0.137. The molecule has 1 aliphatic heterocycles. The summed E-state index contributed by atoms with van der Waals surface area (Å²) in [4.78, 5) is 10.7. The van der Waals surface area contributed by atoms with Crippen molar-refractivity contribution in [2.24, 2.45) is 0 Å². The molecule has 1 saturated heterocycles. The standard InChI is InChI=1S/C9H17NO2S/c1-12-9(11)7-13-6-4-8-3-2-5-10-8/h8,10H,2-7H2,1H3. The highest BCUT2D eigenvalue weighted by Gasteiger charge is 2.13. The van der Waals surface area contributed by atoms with Crippen LogP contribution in [0.25, 0.3) is 0 Å². The van der Waals surface area contributed by atoms with Crippen LogP contribution in [0.2, 0.25) is 0 Å². The molecular formula is C9H17NO2S. The zero-order valence-corrected chi connectivity index (χ0v) is 8.86. The number of ether oxygens (including phenoxy) is 1. The highest BCUT2D eigenvalue weighted by molar-refractivity contribution is 7.99. The van der Waals surface area contributed by atoms with Crippen molar-refractivity contribution in [3.8, 4) is 0 Å². The Balaban J connectivity index is 1.91. The molecule has 3 nitrogen and oxygen atoms in total. The van der Waals surface area contributed by atoms with E-state index in [9.17, 15) is 4.79 Å². The summed E-state index contributed by atoms with van der Waals surface area (Å²) in [5.41, 5.74) is 0. The number of hydrogen-bond acceptors (Lipinski definition) is 4. The molecule has 0 spiro atoms. The third kappa shape index (κ3) is 4.52. The molecule has 1 rings (SSSR count). The number of thioether (sulfide) groups is 1. The summed E-state index contributed by atoms with van der Waals surface area (Å²) in [5, 5.41) is 3.43. The Bertz CT molecular complexity index is 158. The van der Waals surface area contributed by atoms with Gasteiger partial charge in [-0.3, -0.25) is 4.79 Å². The summed E-state index contributed by atoms with van der Waals surface area (Å²) in [7, 11) is 1.43. The lowest BCUT2D eigenvalue weighted by Gasteiger charge is -2.08. The van der Waals surface area contributed by atoms with Crippen LogP contribution < -0.4 is 5.32 Å². The SMILES string of the molecule is COC(=O)CSCCC1CCCN1. The first-order valence-corrected chi connectivity index (χ1v) is 5.86. The Hall–Kier alpha value is -0.220. The Morgan fingerprint density at radius 3 is 3.15 bits per heavy atom. The Morgan fingerprint density at radius 2 is 2.54 bits per heavy atom. The minimum absolute atomic E-state index is 0.121. The largest absolute Gasteiger partial charge is 0.468 e. The molecule has 13 heavy (non-hydrogen) atoms. The molecule has 0 aromatic carbocycles. The van der Waals surface area contributed by atoms with Gasteiger partial charge >= 0.3 is 5.97 Å². The number of carbonyl (C=O) groups is 1. The molecule has 1 N–H and O–H groups in total. The van der Waals surface area contributed by atoms with Gasteiger partial charge in [0.1, 0.15) is 0 Å². The average molecular weight is 203 g/mol. The molecule has 0 amide bonds. The molecule has 1 aliphatic rings. The van der Waals surface area contributed by atoms with Crippen molar-refractivity contribution >= 4 is 17.7 Å². The van der Waals surface area contributed by atoms with E-state index in [1.165, 1.54) is 26.4 Å². The van der Waals surface area contributed by atoms with Crippen molar-refractivity contribution in [1.82, 2.24) is 5.32 Å². The monoisotopic (exact) mass is 203 g/mol. The third-order valence-corrected chi connectivity index (χ3v) is 3.18. The molecule has 1 heterocycles. The number of nitrogens with one attached hydrogen (secondary N) is 1. The van der Waals surface area contributed by atoms with Gasteiger partial charge in [0.15, 0.2) is 0 Å². The van der Waals surface area contributed by atoms with Gasteiger partial charge in [-0.2, -0.15) is 11.8 Å². The fourth-order valence-corrected chi connectivity index (χ4v) is 2.32. The molecular weight excluding hydrogens is 186 g/mol. The number of hydrogen-bond donors (Lipinski definition) is 1. The van der Waals surface area contributed by atoms with Crippen LogP contribution in [0.1, 0.15) is 19.3 Å². The van der Waals surface area contributed by atoms with Gasteiger partial charge in [0.05, 0.1) is 12.9 Å². The first kappa shape index (κ1) is 10.9. The van der Waals surface area contributed by atoms with E-state index in [4.69, 9.17) is 0 Å². The second-order valence-corrected chi connectivity index (χ2v) is 4.32. The van der Waals surface area contributed by atoms with Gasteiger partial charge in [-0.05, 0) is 31.6 Å². The van der Waals surface area contributed by atoms with Crippen LogP contribution in [0, 0.1) is 0 Å². The first-order chi connectivity index (χ1) is 6.33. The highest BCUT2D eigenvalue weighted by atomic mass is 32.2. The molecule has 0 saturated carbocycles. The quantitative estimate of drug-likeness (QED) is 0.535. The van der Waals surface area contributed by atoms with Crippen LogP contribution in [0.4, 0.5) is 0 Å². The zero-order chi connectivity index (χ0) is 9.52. The predicted octanol–water partition coefficient (Wildman–Crippen LogP) is 1.03. The predicted molar refractivity (Wildman–Crippen MR) is 55.0 cm³/mol. The van der Waals surface area contributed by atoms with Crippen molar-refractivity contribution in [2.45, 2.75) is 25.3 Å². The van der Waals surface area contributed by atoms with Gasteiger partial charge < -0.3 is 10.1 Å². The van der Waals surface area contributed by atoms with E-state index in [0.29, 0.717) is 11.8 Å². The van der Waals surface area contributed by atoms with Gasteiger partial charge in [0.2, 0.25) is 0 Å². The van der Waals surface area contributed by atoms with Crippen molar-refractivity contribution < 1.29 is 9.53 Å². The van der Waals surface area contributed by atoms with Crippen LogP contribution in [0.3, 0.4) is 0 Å². The normalized spacial score (nSPS) is 21.8. The maximum atomic E-state index is 10.7. The summed E-state index contributed by atoms with van der Waals surface area (Å²) >= 11 is 1.66. The summed E-state index contributed by atoms with van der Waals surface area (Å²) in [6, 6.07) is 0.685. The molecule has 0 aromatic rings. The molecule has 0 aromatic heterocycles. The lowest BCUT2D eigenvalue weighted by atomic mass is 10.2. The molecule has 76 valence electrons. The topological polar surface area (TPSA) is 38.3 Å². The lowest BCUT2D eigenvalue weighted by Crippen LogP contribution is -2.21. The smallest absolute Gasteiger partial charge is 0.315 e. The summed E-state index contributed by atoms with van der Waals surface area (Å²) in [6.45, 7) is 1.16. The second-order valence-electron chi connectivity index (χ2n) is 3.21. The van der Waals surface area contributed by atoms with Gasteiger partial charge in [0.25, 0.3) is 0 Å². The van der Waals surface area contributed by atoms with Crippen LogP contribution >= 0.6 is 11.8 Å². The van der Waals surface area contributed by atoms with Crippen molar-refractivity contribution in [3.63, 3.8) is 0 Å². The number of methoxy groups -OCH3 is 1. The van der Waals surface area contributed by atoms with Gasteiger partial charge in [0, 0.05) is 6.04 Å². The van der Waals surface area contributed by atoms with Crippen LogP contribution in [-0.2, 0) is 9.53 Å². The fourth-order valence-electron chi connectivity index (χ4n) is 1.44. The molecule has 4 heteroatoms. The Labute approximate surface area is 83.6 Å². The number of rotatable bonds is 5. The molecule has 1 unspecified atom stereocenters. The van der Waals surface area contributed by atoms with Crippen LogP contribution in [0.5, 0.6) is 0 Å². The van der Waals surface area contributed by atoms with E-state index in [-0.39, 0.29) is 5.97 Å². The average Bonchev–Trinajstić information content (AvgIpc) is 2.64. The maximum Gasteiger partial charge on any atom is 0.315 e. The molecule has 1 fully saturated rings. The molecule has 0 radical (unpaired) electrons. The van der Waals surface area contributed by atoms with Gasteiger partial charge in [-0.1, -0.05) is 0 Å². The van der Waals surface area contributed by atoms with Crippen LogP contribution in [0.15, 0.2) is 0 Å². The molecule has 0 bridgehead atoms. The number of carbonyl (C=O) groups excluding carboxylic acids is 1. The second kappa shape index (κ2) is 6.27. The Kier molecular flexibility index (Phi) is 5.23. The van der Waals surface area contributed by atoms with E-state index in [2.05, 4.69) is 10.1 Å². The van der Waals surface area contributed by atoms with Gasteiger partial charge in [-0.15, -0.1) is 0 Å². The minimum Gasteiger partial charge on any atom is -0.468 e. The van der Waals surface area contributed by atoms with Crippen molar-refractivity contribution in [3.05, 3.63) is 0 Å². The first-order valence-electron chi connectivity index (χ1n) is 4.71. The summed E-state index contributed by atoms with van der Waals surface area (Å²) < 4.78 is 4.55. The molecule has 1 atom stereocenters. The minimum atomic E-state index is -0.121. The van der Waals surface area contributed by atoms with E-state index in [1.807, 2.05) is 0 Å². The van der Waals surface area contributed by atoms with Crippen LogP contribution in [-0.4, -0.2) is 37.2 Å². The third-order valence-electron chi connectivity index (χ3n) is 2.22. The van der Waals surface area contributed by atoms with E-state index >= 15 is 0 Å². The summed E-state index contributed by atoms with van der Waals surface area (Å²) in [5.74, 6) is 1.42. The van der Waals surface area contributed by atoms with E-state index in [0.717, 1.165) is 12.3 Å². The van der Waals surface area contributed by atoms with Crippen molar-refractivity contribution in [2.75, 3.05) is 25.2 Å². The van der Waals surface area contributed by atoms with E-state index < -0.39 is 0 Å². The Morgan fingerprint density at radius 1 is 1.69 bits per heavy atom. The fraction of sp³-hybridized carbons (Fsp3) is 0.889. The van der Waals surface area contributed by atoms with Gasteiger partial charge in [-0.25, -0.2) is 0 Å². The molecule has 0 aliphatic carbocycles. The highest BCUT2D eigenvalue weighted by Crippen LogP contribution is 2.12. The summed E-state index contributed by atoms with van der Waals surface area (Å²) in [6.07, 6.45) is 3.76. The van der Waals surface area contributed by atoms with E-state index in [1.54, 1.807) is 11.8 Å². The van der Waals surface area contributed by atoms with Crippen molar-refractivity contribution in [1.29, 1.82) is 0 Å². The number of esters is 1.